The van der Waals surface area contributed by atoms with Crippen molar-refractivity contribution < 1.29 is 9.47 Å². The number of fused-ring (bicyclic) bond motifs is 1. The minimum absolute atomic E-state index is 0.752. The smallest absolute Gasteiger partial charge is 0.180 e. The minimum Gasteiger partial charge on any atom is -0.489 e. The number of hydrogen-bond acceptors (Lipinski definition) is 4. The van der Waals surface area contributed by atoms with Gasteiger partial charge in [-0.3, -0.25) is 0 Å². The van der Waals surface area contributed by atoms with Crippen LogP contribution in [0.25, 0.3) is 9.75 Å². The molecule has 0 aromatic carbocycles. The number of ether oxygens (including phenoxy) is 2. The molecule has 0 fully saturated rings. The lowest BCUT2D eigenvalue weighted by Gasteiger charge is -2.03. The van der Waals surface area contributed by atoms with E-state index < -0.39 is 0 Å². The Labute approximate surface area is 96.1 Å². The highest BCUT2D eigenvalue weighted by Crippen LogP contribution is 2.46. The van der Waals surface area contributed by atoms with Gasteiger partial charge in [0.05, 0.1) is 18.1 Å². The fourth-order valence-electron chi connectivity index (χ4n) is 1.56. The van der Waals surface area contributed by atoms with E-state index in [0.29, 0.717) is 0 Å². The van der Waals surface area contributed by atoms with Crippen molar-refractivity contribution in [2.75, 3.05) is 13.2 Å². The molecule has 2 aromatic heterocycles. The molecule has 2 nitrogen and oxygen atoms in total. The molecule has 0 unspecified atom stereocenters. The van der Waals surface area contributed by atoms with Crippen LogP contribution in [-0.4, -0.2) is 13.2 Å². The van der Waals surface area contributed by atoms with Crippen LogP contribution in [0.5, 0.6) is 11.5 Å². The fourth-order valence-corrected chi connectivity index (χ4v) is 3.36. The molecule has 0 amide bonds. The number of thiophene rings is 2. The summed E-state index contributed by atoms with van der Waals surface area (Å²) >= 11 is 3.43. The average molecular weight is 238 g/mol. The first-order valence-electron chi connectivity index (χ1n) is 4.86. The van der Waals surface area contributed by atoms with Crippen molar-refractivity contribution in [1.29, 1.82) is 0 Å². The van der Waals surface area contributed by atoms with Gasteiger partial charge in [0.2, 0.25) is 0 Å². The Kier molecular flexibility index (Phi) is 2.38. The van der Waals surface area contributed by atoms with Crippen molar-refractivity contribution in [1.82, 2.24) is 0 Å². The summed E-state index contributed by atoms with van der Waals surface area (Å²) in [6.07, 6.45) is 0.962. The monoisotopic (exact) mass is 238 g/mol. The maximum atomic E-state index is 5.74. The van der Waals surface area contributed by atoms with E-state index in [9.17, 15) is 0 Å². The first kappa shape index (κ1) is 9.24. The van der Waals surface area contributed by atoms with Crippen LogP contribution in [0, 0.1) is 0 Å². The zero-order valence-electron chi connectivity index (χ0n) is 8.06. The second-order valence-corrected chi connectivity index (χ2v) is 5.11. The molecule has 1 aliphatic rings. The van der Waals surface area contributed by atoms with Gasteiger partial charge in [0.25, 0.3) is 0 Å². The predicted molar refractivity (Wildman–Crippen MR) is 63.2 cm³/mol. The Bertz CT molecular complexity index is 445. The van der Waals surface area contributed by atoms with Crippen molar-refractivity contribution in [3.63, 3.8) is 0 Å². The zero-order chi connectivity index (χ0) is 10.1. The van der Waals surface area contributed by atoms with Gasteiger partial charge in [0.1, 0.15) is 0 Å². The van der Waals surface area contributed by atoms with E-state index in [1.165, 1.54) is 9.75 Å². The summed E-state index contributed by atoms with van der Waals surface area (Å²) in [6, 6.07) is 4.18. The van der Waals surface area contributed by atoms with Crippen LogP contribution in [0.15, 0.2) is 22.9 Å². The molecule has 78 valence electrons. The Balaban J connectivity index is 2.06. The third-order valence-electron chi connectivity index (χ3n) is 2.25. The van der Waals surface area contributed by atoms with Gasteiger partial charge in [0.15, 0.2) is 11.5 Å². The summed E-state index contributed by atoms with van der Waals surface area (Å²) in [7, 11) is 0. The third kappa shape index (κ3) is 1.64. The Morgan fingerprint density at radius 2 is 2.07 bits per heavy atom. The van der Waals surface area contributed by atoms with Gasteiger partial charge in [-0.15, -0.1) is 22.7 Å². The van der Waals surface area contributed by atoms with E-state index in [1.54, 1.807) is 22.7 Å². The van der Waals surface area contributed by atoms with Gasteiger partial charge < -0.3 is 9.47 Å². The molecule has 0 saturated heterocycles. The molecule has 0 spiro atoms. The van der Waals surface area contributed by atoms with Crippen molar-refractivity contribution in [2.24, 2.45) is 0 Å². The van der Waals surface area contributed by atoms with Crippen molar-refractivity contribution in [3.05, 3.63) is 22.9 Å². The van der Waals surface area contributed by atoms with Crippen LogP contribution in [-0.2, 0) is 0 Å². The molecule has 4 heteroatoms. The normalized spacial score (nSPS) is 14.9. The molecular weight excluding hydrogens is 228 g/mol. The van der Waals surface area contributed by atoms with Crippen molar-refractivity contribution in [2.45, 2.75) is 6.42 Å². The quantitative estimate of drug-likeness (QED) is 0.755. The lowest BCUT2D eigenvalue weighted by molar-refractivity contribution is 0.297. The van der Waals surface area contributed by atoms with Gasteiger partial charge in [-0.05, 0) is 11.4 Å². The van der Waals surface area contributed by atoms with Gasteiger partial charge in [-0.1, -0.05) is 6.07 Å². The predicted octanol–water partition coefficient (Wildman–Crippen LogP) is 3.64. The van der Waals surface area contributed by atoms with Crippen LogP contribution in [0.3, 0.4) is 0 Å². The molecule has 3 heterocycles. The SMILES string of the molecule is c1csc(-c2scc3c2OCCCO3)c1. The first-order valence-corrected chi connectivity index (χ1v) is 6.62. The highest BCUT2D eigenvalue weighted by molar-refractivity contribution is 7.20. The highest BCUT2D eigenvalue weighted by atomic mass is 32.1. The average Bonchev–Trinajstić information content (AvgIpc) is 2.83. The molecule has 0 aliphatic carbocycles. The molecule has 0 radical (unpaired) electrons. The molecule has 3 rings (SSSR count). The van der Waals surface area contributed by atoms with Gasteiger partial charge >= 0.3 is 0 Å². The van der Waals surface area contributed by atoms with E-state index in [-0.39, 0.29) is 0 Å². The lowest BCUT2D eigenvalue weighted by atomic mass is 10.3. The van der Waals surface area contributed by atoms with Gasteiger partial charge in [-0.25, -0.2) is 0 Å². The third-order valence-corrected chi connectivity index (χ3v) is 4.24. The summed E-state index contributed by atoms with van der Waals surface area (Å²) in [5.41, 5.74) is 0. The van der Waals surface area contributed by atoms with Crippen LogP contribution < -0.4 is 9.47 Å². The highest BCUT2D eigenvalue weighted by Gasteiger charge is 2.18. The fraction of sp³-hybridized carbons (Fsp3) is 0.273. The first-order chi connectivity index (χ1) is 7.45. The number of rotatable bonds is 1. The molecule has 0 saturated carbocycles. The van der Waals surface area contributed by atoms with Gasteiger partial charge in [0, 0.05) is 16.7 Å². The summed E-state index contributed by atoms with van der Waals surface area (Å²) in [6.45, 7) is 1.51. The van der Waals surface area contributed by atoms with Crippen LogP contribution in [0.1, 0.15) is 6.42 Å². The Hall–Kier alpha value is -1.00. The van der Waals surface area contributed by atoms with Crippen molar-refractivity contribution >= 4 is 22.7 Å². The van der Waals surface area contributed by atoms with E-state index in [1.807, 2.05) is 5.38 Å². The minimum atomic E-state index is 0.752. The van der Waals surface area contributed by atoms with Crippen LogP contribution in [0.4, 0.5) is 0 Å². The zero-order valence-corrected chi connectivity index (χ0v) is 9.70. The molecule has 1 aliphatic heterocycles. The Morgan fingerprint density at radius 1 is 1.13 bits per heavy atom. The van der Waals surface area contributed by atoms with E-state index in [4.69, 9.17) is 9.47 Å². The van der Waals surface area contributed by atoms with Crippen LogP contribution >= 0.6 is 22.7 Å². The largest absolute Gasteiger partial charge is 0.489 e. The second kappa shape index (κ2) is 3.87. The molecule has 0 bridgehead atoms. The summed E-state index contributed by atoms with van der Waals surface area (Å²) in [5, 5.41) is 4.12. The standard InChI is InChI=1S/C11H10O2S2/c1-3-9(14-6-1)11-10-8(7-15-11)12-4-2-5-13-10/h1,3,6-7H,2,4-5H2. The van der Waals surface area contributed by atoms with E-state index >= 15 is 0 Å². The summed E-state index contributed by atoms with van der Waals surface area (Å²) in [4.78, 5) is 2.45. The van der Waals surface area contributed by atoms with E-state index in [2.05, 4.69) is 17.5 Å². The summed E-state index contributed by atoms with van der Waals surface area (Å²) in [5.74, 6) is 1.83. The lowest BCUT2D eigenvalue weighted by Crippen LogP contribution is -1.98. The molecule has 2 aromatic rings. The topological polar surface area (TPSA) is 18.5 Å². The Morgan fingerprint density at radius 3 is 2.93 bits per heavy atom. The maximum absolute atomic E-state index is 5.74. The summed E-state index contributed by atoms with van der Waals surface area (Å²) < 4.78 is 11.4. The van der Waals surface area contributed by atoms with Crippen LogP contribution in [0.2, 0.25) is 0 Å². The maximum Gasteiger partial charge on any atom is 0.180 e. The van der Waals surface area contributed by atoms with E-state index in [0.717, 1.165) is 31.1 Å². The molecular formula is C11H10O2S2. The van der Waals surface area contributed by atoms with Gasteiger partial charge in [-0.2, -0.15) is 0 Å². The second-order valence-electron chi connectivity index (χ2n) is 3.29. The van der Waals surface area contributed by atoms with Crippen molar-refractivity contribution in [3.8, 4) is 21.3 Å². The molecule has 0 atom stereocenters. The molecule has 0 N–H and O–H groups in total. The molecule has 15 heavy (non-hydrogen) atoms. The number of hydrogen-bond donors (Lipinski definition) is 0.